The predicted octanol–water partition coefficient (Wildman–Crippen LogP) is 5.56. The maximum Gasteiger partial charge on any atom is 0.253 e. The average molecular weight is 428 g/mol. The Balaban J connectivity index is 2.00. The summed E-state index contributed by atoms with van der Waals surface area (Å²) in [6.45, 7) is 1.77. The molecule has 3 rings (SSSR count). The van der Waals surface area contributed by atoms with Gasteiger partial charge in [0.2, 0.25) is 0 Å². The summed E-state index contributed by atoms with van der Waals surface area (Å²) in [6.07, 6.45) is -0.464. The van der Waals surface area contributed by atoms with Crippen LogP contribution in [0.15, 0.2) is 36.4 Å². The number of hydrogen-bond acceptors (Lipinski definition) is 2. The van der Waals surface area contributed by atoms with Gasteiger partial charge < -0.3 is 10.4 Å². The van der Waals surface area contributed by atoms with Gasteiger partial charge in [-0.15, -0.1) is 0 Å². The number of carbonyl (C=O) groups is 1. The zero-order chi connectivity index (χ0) is 20.5. The first-order valence-corrected chi connectivity index (χ1v) is 9.85. The van der Waals surface area contributed by atoms with Crippen LogP contribution in [0.1, 0.15) is 53.2 Å². The summed E-state index contributed by atoms with van der Waals surface area (Å²) in [5, 5.41) is 14.1. The molecule has 0 aliphatic heterocycles. The number of carbonyl (C=O) groups excluding carboxylic acids is 1. The van der Waals surface area contributed by atoms with Crippen molar-refractivity contribution in [3.05, 3.63) is 69.0 Å². The molecule has 1 saturated carbocycles. The highest BCUT2D eigenvalue weighted by atomic mass is 35.5. The number of rotatable bonds is 4. The normalized spacial score (nSPS) is 23.3. The van der Waals surface area contributed by atoms with Crippen LogP contribution < -0.4 is 5.32 Å². The van der Waals surface area contributed by atoms with Crippen molar-refractivity contribution in [2.45, 2.75) is 50.4 Å². The first kappa shape index (κ1) is 21.0. The smallest absolute Gasteiger partial charge is 0.253 e. The molecule has 150 valence electrons. The standard InChI is InChI=1S/C21H21Cl2F2NO2/c1-12-4-2-6-15(17(12)22)20(27)26-19(14-5-3-7-16(25)18(14)23)21(28)10-8-13(24)9-11-21/h2-7,13,19,28H,8-11H2,1H3,(H,26,27)/t13-,19?,21-. The molecule has 0 bridgehead atoms. The molecule has 0 spiro atoms. The number of halogens is 4. The number of alkyl halides is 1. The van der Waals surface area contributed by atoms with Crippen molar-refractivity contribution in [1.29, 1.82) is 0 Å². The summed E-state index contributed by atoms with van der Waals surface area (Å²) in [5.74, 6) is -1.18. The minimum Gasteiger partial charge on any atom is -0.387 e. The van der Waals surface area contributed by atoms with E-state index >= 15 is 0 Å². The van der Waals surface area contributed by atoms with Crippen molar-refractivity contribution in [2.24, 2.45) is 0 Å². The number of nitrogens with one attached hydrogen (secondary N) is 1. The van der Waals surface area contributed by atoms with Gasteiger partial charge >= 0.3 is 0 Å². The molecule has 1 unspecified atom stereocenters. The van der Waals surface area contributed by atoms with Gasteiger partial charge in [-0.1, -0.05) is 47.5 Å². The van der Waals surface area contributed by atoms with E-state index in [4.69, 9.17) is 23.2 Å². The Kier molecular flexibility index (Phi) is 6.28. The van der Waals surface area contributed by atoms with Crippen LogP contribution in [0, 0.1) is 12.7 Å². The Bertz CT molecular complexity index is 883. The molecule has 2 aromatic carbocycles. The van der Waals surface area contributed by atoms with Crippen molar-refractivity contribution >= 4 is 29.1 Å². The third-order valence-corrected chi connectivity index (χ3v) is 6.22. The molecular formula is C21H21Cl2F2NO2. The second-order valence-corrected chi connectivity index (χ2v) is 8.02. The van der Waals surface area contributed by atoms with Gasteiger partial charge in [0.25, 0.3) is 5.91 Å². The van der Waals surface area contributed by atoms with Crippen molar-refractivity contribution in [2.75, 3.05) is 0 Å². The number of aryl methyl sites for hydroxylation is 1. The zero-order valence-electron chi connectivity index (χ0n) is 15.3. The van der Waals surface area contributed by atoms with E-state index in [0.29, 0.717) is 5.02 Å². The van der Waals surface area contributed by atoms with Crippen LogP contribution in [0.2, 0.25) is 10.0 Å². The van der Waals surface area contributed by atoms with Gasteiger partial charge in [0.15, 0.2) is 0 Å². The number of amides is 1. The van der Waals surface area contributed by atoms with Crippen molar-refractivity contribution in [3.8, 4) is 0 Å². The monoisotopic (exact) mass is 427 g/mol. The highest BCUT2D eigenvalue weighted by Gasteiger charge is 2.43. The fourth-order valence-corrected chi connectivity index (χ4v) is 4.09. The van der Waals surface area contributed by atoms with E-state index in [1.165, 1.54) is 12.1 Å². The van der Waals surface area contributed by atoms with E-state index in [1.54, 1.807) is 31.2 Å². The molecule has 0 saturated heterocycles. The third kappa shape index (κ3) is 4.17. The topological polar surface area (TPSA) is 49.3 Å². The minimum absolute atomic E-state index is 0.119. The Morgan fingerprint density at radius 3 is 2.50 bits per heavy atom. The number of aliphatic hydroxyl groups is 1. The van der Waals surface area contributed by atoms with Gasteiger partial charge in [-0.05, 0) is 55.9 Å². The fraction of sp³-hybridized carbons (Fsp3) is 0.381. The van der Waals surface area contributed by atoms with Gasteiger partial charge in [-0.25, -0.2) is 8.78 Å². The van der Waals surface area contributed by atoms with Crippen LogP contribution >= 0.6 is 23.2 Å². The molecule has 0 radical (unpaired) electrons. The second kappa shape index (κ2) is 8.36. The SMILES string of the molecule is Cc1cccc(C(=O)NC(c2cccc(F)c2Cl)[C@]2(O)CC[C@H](F)CC2)c1Cl. The number of hydrogen-bond donors (Lipinski definition) is 2. The largest absolute Gasteiger partial charge is 0.387 e. The molecule has 28 heavy (non-hydrogen) atoms. The van der Waals surface area contributed by atoms with E-state index in [2.05, 4.69) is 5.32 Å². The molecule has 1 aliphatic carbocycles. The summed E-state index contributed by atoms with van der Waals surface area (Å²) >= 11 is 12.4. The summed E-state index contributed by atoms with van der Waals surface area (Å²) in [7, 11) is 0. The molecule has 2 N–H and O–H groups in total. The number of benzene rings is 2. The van der Waals surface area contributed by atoms with Crippen LogP contribution in [-0.4, -0.2) is 22.8 Å². The highest BCUT2D eigenvalue weighted by Crippen LogP contribution is 2.42. The molecule has 1 fully saturated rings. The van der Waals surface area contributed by atoms with Crippen molar-refractivity contribution in [1.82, 2.24) is 5.32 Å². The Hall–Kier alpha value is -1.69. The second-order valence-electron chi connectivity index (χ2n) is 7.26. The summed E-state index contributed by atoms with van der Waals surface area (Å²) < 4.78 is 27.7. The Morgan fingerprint density at radius 1 is 1.18 bits per heavy atom. The molecule has 7 heteroatoms. The molecule has 1 aliphatic rings. The van der Waals surface area contributed by atoms with Gasteiger partial charge in [0, 0.05) is 0 Å². The predicted molar refractivity (Wildman–Crippen MR) is 106 cm³/mol. The minimum atomic E-state index is -1.45. The molecule has 0 heterocycles. The lowest BCUT2D eigenvalue weighted by atomic mass is 9.76. The molecule has 2 aromatic rings. The van der Waals surface area contributed by atoms with E-state index in [0.717, 1.165) is 5.56 Å². The van der Waals surface area contributed by atoms with Gasteiger partial charge in [-0.3, -0.25) is 4.79 Å². The maximum absolute atomic E-state index is 14.1. The average Bonchev–Trinajstić information content (AvgIpc) is 2.67. The molecule has 0 aromatic heterocycles. The summed E-state index contributed by atoms with van der Waals surface area (Å²) in [6, 6.07) is 8.24. The van der Waals surface area contributed by atoms with Crippen molar-refractivity contribution < 1.29 is 18.7 Å². The maximum atomic E-state index is 14.1. The summed E-state index contributed by atoms with van der Waals surface area (Å²) in [5.41, 5.74) is -0.238. The van der Waals surface area contributed by atoms with Crippen LogP contribution in [0.5, 0.6) is 0 Å². The summed E-state index contributed by atoms with van der Waals surface area (Å²) in [4.78, 5) is 12.9. The van der Waals surface area contributed by atoms with Crippen LogP contribution in [0.4, 0.5) is 8.78 Å². The first-order valence-electron chi connectivity index (χ1n) is 9.09. The third-order valence-electron chi connectivity index (χ3n) is 5.32. The molecule has 1 amide bonds. The lowest BCUT2D eigenvalue weighted by molar-refractivity contribution is -0.0445. The van der Waals surface area contributed by atoms with Crippen LogP contribution in [-0.2, 0) is 0 Å². The van der Waals surface area contributed by atoms with Crippen LogP contribution in [0.25, 0.3) is 0 Å². The Labute approximate surface area is 172 Å². The van der Waals surface area contributed by atoms with E-state index < -0.39 is 29.5 Å². The Morgan fingerprint density at radius 2 is 1.82 bits per heavy atom. The highest BCUT2D eigenvalue weighted by molar-refractivity contribution is 6.34. The van der Waals surface area contributed by atoms with Crippen LogP contribution in [0.3, 0.4) is 0 Å². The van der Waals surface area contributed by atoms with Gasteiger partial charge in [0.1, 0.15) is 12.0 Å². The molecule has 1 atom stereocenters. The molecule has 3 nitrogen and oxygen atoms in total. The van der Waals surface area contributed by atoms with E-state index in [-0.39, 0.29) is 41.8 Å². The lowest BCUT2D eigenvalue weighted by Crippen LogP contribution is -2.48. The van der Waals surface area contributed by atoms with Gasteiger partial charge in [-0.2, -0.15) is 0 Å². The zero-order valence-corrected chi connectivity index (χ0v) is 16.8. The quantitative estimate of drug-likeness (QED) is 0.671. The van der Waals surface area contributed by atoms with E-state index in [9.17, 15) is 18.7 Å². The van der Waals surface area contributed by atoms with Crippen molar-refractivity contribution in [3.63, 3.8) is 0 Å². The fourth-order valence-electron chi connectivity index (χ4n) is 3.65. The van der Waals surface area contributed by atoms with Gasteiger partial charge in [0.05, 0.1) is 27.3 Å². The first-order chi connectivity index (χ1) is 13.2. The lowest BCUT2D eigenvalue weighted by Gasteiger charge is -2.41. The molecular weight excluding hydrogens is 407 g/mol. The van der Waals surface area contributed by atoms with E-state index in [1.807, 2.05) is 0 Å².